The zero-order valence-corrected chi connectivity index (χ0v) is 14.1. The molecule has 1 aliphatic rings. The summed E-state index contributed by atoms with van der Waals surface area (Å²) in [5.41, 5.74) is 0.882. The van der Waals surface area contributed by atoms with Crippen LogP contribution in [-0.4, -0.2) is 47.2 Å². The van der Waals surface area contributed by atoms with Crippen LogP contribution >= 0.6 is 11.6 Å². The van der Waals surface area contributed by atoms with Gasteiger partial charge in [-0.25, -0.2) is 4.39 Å². The van der Waals surface area contributed by atoms with Crippen molar-refractivity contribution in [2.75, 3.05) is 31.1 Å². The number of benzene rings is 1. The molecule has 126 valence electrons. The van der Waals surface area contributed by atoms with Crippen LogP contribution in [0.15, 0.2) is 30.3 Å². The Balaban J connectivity index is 1.72. The predicted molar refractivity (Wildman–Crippen MR) is 90.9 cm³/mol. The molecule has 3 rings (SSSR count). The fourth-order valence-corrected chi connectivity index (χ4v) is 2.91. The molecule has 0 N–H and O–H groups in total. The SMILES string of the molecule is Cc1ccc(N2CCCN(C(=O)c3cc(Cl)ccc3F)CC2)nn1. The van der Waals surface area contributed by atoms with E-state index in [2.05, 4.69) is 15.1 Å². The van der Waals surface area contributed by atoms with Gasteiger partial charge >= 0.3 is 0 Å². The summed E-state index contributed by atoms with van der Waals surface area (Å²) in [7, 11) is 0. The number of anilines is 1. The molecule has 1 aliphatic heterocycles. The Morgan fingerprint density at radius 1 is 1.12 bits per heavy atom. The number of hydrogen-bond acceptors (Lipinski definition) is 4. The lowest BCUT2D eigenvalue weighted by Gasteiger charge is -2.22. The number of carbonyl (C=O) groups is 1. The first kappa shape index (κ1) is 16.6. The van der Waals surface area contributed by atoms with Gasteiger partial charge in [0.05, 0.1) is 11.3 Å². The minimum atomic E-state index is -0.546. The third-order valence-corrected chi connectivity index (χ3v) is 4.28. The maximum Gasteiger partial charge on any atom is 0.256 e. The summed E-state index contributed by atoms with van der Waals surface area (Å²) in [4.78, 5) is 16.3. The number of rotatable bonds is 2. The number of aromatic nitrogens is 2. The molecule has 24 heavy (non-hydrogen) atoms. The van der Waals surface area contributed by atoms with Crippen LogP contribution in [0.4, 0.5) is 10.2 Å². The van der Waals surface area contributed by atoms with Crippen LogP contribution in [0.1, 0.15) is 22.5 Å². The molecule has 0 atom stereocenters. The number of halogens is 2. The summed E-state index contributed by atoms with van der Waals surface area (Å²) in [5, 5.41) is 8.62. The molecule has 1 aromatic heterocycles. The minimum absolute atomic E-state index is 0.0195. The van der Waals surface area contributed by atoms with Crippen LogP contribution in [0.5, 0.6) is 0 Å². The van der Waals surface area contributed by atoms with Gasteiger partial charge in [0.2, 0.25) is 0 Å². The van der Waals surface area contributed by atoms with Gasteiger partial charge in [0.25, 0.3) is 5.91 Å². The van der Waals surface area contributed by atoms with Crippen molar-refractivity contribution in [2.24, 2.45) is 0 Å². The second-order valence-corrected chi connectivity index (χ2v) is 6.23. The first-order valence-electron chi connectivity index (χ1n) is 7.84. The maximum atomic E-state index is 13.9. The molecule has 0 spiro atoms. The van der Waals surface area contributed by atoms with Crippen molar-refractivity contribution in [2.45, 2.75) is 13.3 Å². The number of carbonyl (C=O) groups excluding carboxylic acids is 1. The lowest BCUT2D eigenvalue weighted by atomic mass is 10.2. The Labute approximate surface area is 145 Å². The highest BCUT2D eigenvalue weighted by atomic mass is 35.5. The predicted octanol–water partition coefficient (Wildman–Crippen LogP) is 2.93. The van der Waals surface area contributed by atoms with E-state index in [4.69, 9.17) is 11.6 Å². The second kappa shape index (κ2) is 7.13. The van der Waals surface area contributed by atoms with Crippen molar-refractivity contribution in [3.63, 3.8) is 0 Å². The zero-order chi connectivity index (χ0) is 17.1. The Morgan fingerprint density at radius 2 is 1.96 bits per heavy atom. The van der Waals surface area contributed by atoms with Crippen molar-refractivity contribution in [3.05, 3.63) is 52.4 Å². The first-order valence-corrected chi connectivity index (χ1v) is 8.22. The van der Waals surface area contributed by atoms with E-state index in [1.807, 2.05) is 19.1 Å². The van der Waals surface area contributed by atoms with E-state index in [9.17, 15) is 9.18 Å². The van der Waals surface area contributed by atoms with Gasteiger partial charge in [-0.15, -0.1) is 5.10 Å². The lowest BCUT2D eigenvalue weighted by Crippen LogP contribution is -2.35. The van der Waals surface area contributed by atoms with Crippen LogP contribution in [0.25, 0.3) is 0 Å². The average Bonchev–Trinajstić information content (AvgIpc) is 2.83. The van der Waals surface area contributed by atoms with Gasteiger partial charge in [0.1, 0.15) is 5.82 Å². The van der Waals surface area contributed by atoms with Crippen molar-refractivity contribution >= 4 is 23.3 Å². The number of nitrogens with zero attached hydrogens (tertiary/aromatic N) is 4. The Kier molecular flexibility index (Phi) is 4.94. The molecule has 2 aromatic rings. The van der Waals surface area contributed by atoms with E-state index in [0.29, 0.717) is 24.7 Å². The highest BCUT2D eigenvalue weighted by Gasteiger charge is 2.23. The van der Waals surface area contributed by atoms with E-state index in [1.165, 1.54) is 18.2 Å². The summed E-state index contributed by atoms with van der Waals surface area (Å²) < 4.78 is 13.9. The van der Waals surface area contributed by atoms with Crippen molar-refractivity contribution in [3.8, 4) is 0 Å². The topological polar surface area (TPSA) is 49.3 Å². The van der Waals surface area contributed by atoms with Crippen LogP contribution in [0, 0.1) is 12.7 Å². The smallest absolute Gasteiger partial charge is 0.256 e. The first-order chi connectivity index (χ1) is 11.5. The summed E-state index contributed by atoms with van der Waals surface area (Å²) in [6.45, 7) is 4.37. The lowest BCUT2D eigenvalue weighted by molar-refractivity contribution is 0.0762. The highest BCUT2D eigenvalue weighted by molar-refractivity contribution is 6.31. The molecule has 0 unspecified atom stereocenters. The van der Waals surface area contributed by atoms with Crippen molar-refractivity contribution in [1.82, 2.24) is 15.1 Å². The molecule has 0 bridgehead atoms. The minimum Gasteiger partial charge on any atom is -0.353 e. The van der Waals surface area contributed by atoms with Gasteiger partial charge in [0.15, 0.2) is 5.82 Å². The highest BCUT2D eigenvalue weighted by Crippen LogP contribution is 2.19. The van der Waals surface area contributed by atoms with Gasteiger partial charge in [-0.05, 0) is 43.7 Å². The largest absolute Gasteiger partial charge is 0.353 e. The van der Waals surface area contributed by atoms with Gasteiger partial charge in [-0.1, -0.05) is 11.6 Å². The zero-order valence-electron chi connectivity index (χ0n) is 13.4. The van der Waals surface area contributed by atoms with E-state index in [0.717, 1.165) is 24.5 Å². The van der Waals surface area contributed by atoms with E-state index in [-0.39, 0.29) is 11.5 Å². The molecule has 0 saturated carbocycles. The molecule has 1 saturated heterocycles. The Bertz CT molecular complexity index is 738. The quantitative estimate of drug-likeness (QED) is 0.837. The van der Waals surface area contributed by atoms with Crippen molar-refractivity contribution < 1.29 is 9.18 Å². The van der Waals surface area contributed by atoms with Crippen molar-refractivity contribution in [1.29, 1.82) is 0 Å². The summed E-state index contributed by atoms with van der Waals surface area (Å²) in [6, 6.07) is 7.89. The van der Waals surface area contributed by atoms with Crippen LogP contribution in [0.3, 0.4) is 0 Å². The third-order valence-electron chi connectivity index (χ3n) is 4.05. The standard InChI is InChI=1S/C17H18ClFN4O/c1-12-3-6-16(21-20-12)22-7-2-8-23(10-9-22)17(24)14-11-13(18)4-5-15(14)19/h3-6,11H,2,7-10H2,1H3. The molecule has 1 aromatic carbocycles. The number of hydrogen-bond donors (Lipinski definition) is 0. The summed E-state index contributed by atoms with van der Waals surface area (Å²) >= 11 is 5.89. The molecule has 5 nitrogen and oxygen atoms in total. The van der Waals surface area contributed by atoms with E-state index >= 15 is 0 Å². The third kappa shape index (κ3) is 3.64. The van der Waals surface area contributed by atoms with E-state index in [1.54, 1.807) is 4.90 Å². The summed E-state index contributed by atoms with van der Waals surface area (Å²) in [5.74, 6) is -0.0782. The number of aryl methyl sites for hydroxylation is 1. The average molecular weight is 349 g/mol. The molecule has 0 aliphatic carbocycles. The van der Waals surface area contributed by atoms with Crippen LogP contribution < -0.4 is 4.90 Å². The second-order valence-electron chi connectivity index (χ2n) is 5.79. The van der Waals surface area contributed by atoms with Gasteiger partial charge in [-0.2, -0.15) is 5.10 Å². The molecule has 0 radical (unpaired) electrons. The normalized spacial score (nSPS) is 15.3. The molecule has 2 heterocycles. The monoisotopic (exact) mass is 348 g/mol. The molecule has 7 heteroatoms. The fourth-order valence-electron chi connectivity index (χ4n) is 2.74. The number of amides is 1. The summed E-state index contributed by atoms with van der Waals surface area (Å²) in [6.07, 6.45) is 0.781. The Morgan fingerprint density at radius 3 is 2.71 bits per heavy atom. The Hall–Kier alpha value is -2.21. The van der Waals surface area contributed by atoms with Gasteiger partial charge in [0, 0.05) is 31.2 Å². The maximum absolute atomic E-state index is 13.9. The fraction of sp³-hybridized carbons (Fsp3) is 0.353. The molecule has 1 amide bonds. The van der Waals surface area contributed by atoms with Crippen LogP contribution in [0.2, 0.25) is 5.02 Å². The molecule has 1 fully saturated rings. The van der Waals surface area contributed by atoms with Gasteiger partial charge in [-0.3, -0.25) is 4.79 Å². The van der Waals surface area contributed by atoms with E-state index < -0.39 is 5.82 Å². The molecular formula is C17H18ClFN4O. The van der Waals surface area contributed by atoms with Gasteiger partial charge < -0.3 is 9.80 Å². The van der Waals surface area contributed by atoms with Crippen LogP contribution in [-0.2, 0) is 0 Å². The molecular weight excluding hydrogens is 331 g/mol.